The number of H-pyrrole nitrogens is 1. The summed E-state index contributed by atoms with van der Waals surface area (Å²) in [5.41, 5.74) is 4.97. The third-order valence-corrected chi connectivity index (χ3v) is 4.42. The van der Waals surface area contributed by atoms with Gasteiger partial charge < -0.3 is 10.3 Å². The zero-order chi connectivity index (χ0) is 16.2. The fourth-order valence-electron chi connectivity index (χ4n) is 3.19. The first kappa shape index (κ1) is 14.6. The lowest BCUT2D eigenvalue weighted by molar-refractivity contribution is 0.779. The molecule has 0 amide bonds. The molecule has 0 fully saturated rings. The Kier molecular flexibility index (Phi) is 4.03. The average Bonchev–Trinajstić information content (AvgIpc) is 3.06. The molecule has 2 nitrogen and oxygen atoms in total. The maximum absolute atomic E-state index is 3.68. The summed E-state index contributed by atoms with van der Waals surface area (Å²) in [5, 5.41) is 4.98. The van der Waals surface area contributed by atoms with Crippen LogP contribution in [0.1, 0.15) is 17.2 Å². The first-order valence-corrected chi connectivity index (χ1v) is 8.32. The van der Waals surface area contributed by atoms with E-state index in [9.17, 15) is 0 Å². The highest BCUT2D eigenvalue weighted by Crippen LogP contribution is 2.27. The van der Waals surface area contributed by atoms with Gasteiger partial charge in [-0.05, 0) is 35.7 Å². The molecule has 0 aliphatic carbocycles. The van der Waals surface area contributed by atoms with Gasteiger partial charge in [-0.1, -0.05) is 66.7 Å². The van der Waals surface area contributed by atoms with Crippen molar-refractivity contribution < 1.29 is 0 Å². The molecule has 0 radical (unpaired) electrons. The van der Waals surface area contributed by atoms with Gasteiger partial charge in [0.05, 0.1) is 6.04 Å². The SMILES string of the molecule is c1ccc(NC(Cc2c[nH]c3ccccc23)c2ccccc2)cc1. The zero-order valence-corrected chi connectivity index (χ0v) is 13.4. The Labute approximate surface area is 142 Å². The van der Waals surface area contributed by atoms with Crippen molar-refractivity contribution in [2.45, 2.75) is 12.5 Å². The normalized spacial score (nSPS) is 12.2. The van der Waals surface area contributed by atoms with Crippen molar-refractivity contribution in [2.75, 3.05) is 5.32 Å². The second-order valence-electron chi connectivity index (χ2n) is 6.04. The minimum absolute atomic E-state index is 0.229. The quantitative estimate of drug-likeness (QED) is 0.496. The maximum Gasteiger partial charge on any atom is 0.0554 e. The van der Waals surface area contributed by atoms with Crippen molar-refractivity contribution in [1.82, 2.24) is 4.98 Å². The van der Waals surface area contributed by atoms with E-state index >= 15 is 0 Å². The number of para-hydroxylation sites is 2. The summed E-state index contributed by atoms with van der Waals surface area (Å²) in [4.78, 5) is 3.38. The van der Waals surface area contributed by atoms with Crippen LogP contribution in [0.4, 0.5) is 5.69 Å². The van der Waals surface area contributed by atoms with Crippen molar-refractivity contribution in [3.63, 3.8) is 0 Å². The Bertz CT molecular complexity index is 910. The van der Waals surface area contributed by atoms with Gasteiger partial charge in [-0.15, -0.1) is 0 Å². The van der Waals surface area contributed by atoms with E-state index in [1.807, 2.05) is 6.07 Å². The van der Waals surface area contributed by atoms with Gasteiger partial charge in [-0.2, -0.15) is 0 Å². The molecular weight excluding hydrogens is 292 g/mol. The number of anilines is 1. The maximum atomic E-state index is 3.68. The highest BCUT2D eigenvalue weighted by Gasteiger charge is 2.14. The van der Waals surface area contributed by atoms with E-state index in [-0.39, 0.29) is 6.04 Å². The van der Waals surface area contributed by atoms with Crippen LogP contribution < -0.4 is 5.32 Å². The van der Waals surface area contributed by atoms with Crippen molar-refractivity contribution in [3.05, 3.63) is 102 Å². The Hall–Kier alpha value is -3.00. The van der Waals surface area contributed by atoms with Crippen LogP contribution in [0.5, 0.6) is 0 Å². The van der Waals surface area contributed by atoms with Crippen LogP contribution in [0.2, 0.25) is 0 Å². The average molecular weight is 312 g/mol. The second kappa shape index (κ2) is 6.63. The standard InChI is InChI=1S/C22H20N2/c1-3-9-17(10-4-1)22(24-19-11-5-2-6-12-19)15-18-16-23-21-14-8-7-13-20(18)21/h1-14,16,22-24H,15H2. The number of hydrogen-bond donors (Lipinski definition) is 2. The number of hydrogen-bond acceptors (Lipinski definition) is 1. The Morgan fingerprint density at radius 3 is 2.21 bits per heavy atom. The van der Waals surface area contributed by atoms with Gasteiger partial charge in [0.1, 0.15) is 0 Å². The monoisotopic (exact) mass is 312 g/mol. The molecule has 1 aromatic heterocycles. The third kappa shape index (κ3) is 3.04. The van der Waals surface area contributed by atoms with Crippen LogP contribution in [0, 0.1) is 0 Å². The number of fused-ring (bicyclic) bond motifs is 1. The lowest BCUT2D eigenvalue weighted by Crippen LogP contribution is -2.13. The van der Waals surface area contributed by atoms with Crippen molar-refractivity contribution >= 4 is 16.6 Å². The van der Waals surface area contributed by atoms with E-state index in [0.717, 1.165) is 12.1 Å². The highest BCUT2D eigenvalue weighted by molar-refractivity contribution is 5.83. The van der Waals surface area contributed by atoms with Gasteiger partial charge in [0.15, 0.2) is 0 Å². The number of rotatable bonds is 5. The molecule has 0 saturated heterocycles. The molecule has 0 saturated carbocycles. The lowest BCUT2D eigenvalue weighted by Gasteiger charge is -2.20. The Morgan fingerprint density at radius 1 is 0.750 bits per heavy atom. The van der Waals surface area contributed by atoms with E-state index in [0.29, 0.717) is 0 Å². The number of nitrogens with one attached hydrogen (secondary N) is 2. The van der Waals surface area contributed by atoms with Crippen LogP contribution in [0.3, 0.4) is 0 Å². The molecular formula is C22H20N2. The van der Waals surface area contributed by atoms with Crippen molar-refractivity contribution in [2.24, 2.45) is 0 Å². The molecule has 4 rings (SSSR count). The zero-order valence-electron chi connectivity index (χ0n) is 13.4. The molecule has 118 valence electrons. The van der Waals surface area contributed by atoms with Gasteiger partial charge in [0.2, 0.25) is 0 Å². The van der Waals surface area contributed by atoms with Gasteiger partial charge in [-0.3, -0.25) is 0 Å². The molecule has 1 atom stereocenters. The minimum atomic E-state index is 0.229. The summed E-state index contributed by atoms with van der Waals surface area (Å²) in [6.45, 7) is 0. The molecule has 2 N–H and O–H groups in total. The van der Waals surface area contributed by atoms with Gasteiger partial charge in [0, 0.05) is 22.8 Å². The molecule has 2 heteroatoms. The summed E-state index contributed by atoms with van der Waals surface area (Å²) in [6.07, 6.45) is 3.07. The van der Waals surface area contributed by atoms with E-state index in [2.05, 4.69) is 95.4 Å². The summed E-state index contributed by atoms with van der Waals surface area (Å²) in [6, 6.07) is 29.8. The summed E-state index contributed by atoms with van der Waals surface area (Å²) >= 11 is 0. The predicted molar refractivity (Wildman–Crippen MR) is 101 cm³/mol. The number of aromatic amines is 1. The Morgan fingerprint density at radius 2 is 1.42 bits per heavy atom. The minimum Gasteiger partial charge on any atom is -0.378 e. The molecule has 0 spiro atoms. The molecule has 24 heavy (non-hydrogen) atoms. The third-order valence-electron chi connectivity index (χ3n) is 4.42. The van der Waals surface area contributed by atoms with Crippen LogP contribution in [0.15, 0.2) is 91.1 Å². The summed E-state index contributed by atoms with van der Waals surface area (Å²) in [7, 11) is 0. The molecule has 1 unspecified atom stereocenters. The largest absolute Gasteiger partial charge is 0.378 e. The van der Waals surface area contributed by atoms with Crippen molar-refractivity contribution in [3.8, 4) is 0 Å². The lowest BCUT2D eigenvalue weighted by atomic mass is 9.98. The number of benzene rings is 3. The highest BCUT2D eigenvalue weighted by atomic mass is 14.9. The van der Waals surface area contributed by atoms with E-state index in [1.54, 1.807) is 0 Å². The van der Waals surface area contributed by atoms with Crippen LogP contribution in [-0.2, 0) is 6.42 Å². The van der Waals surface area contributed by atoms with Gasteiger partial charge in [0.25, 0.3) is 0 Å². The van der Waals surface area contributed by atoms with Crippen LogP contribution in [0.25, 0.3) is 10.9 Å². The van der Waals surface area contributed by atoms with Crippen LogP contribution >= 0.6 is 0 Å². The molecule has 4 aromatic rings. The fourth-order valence-corrected chi connectivity index (χ4v) is 3.19. The van der Waals surface area contributed by atoms with E-state index in [4.69, 9.17) is 0 Å². The van der Waals surface area contributed by atoms with Crippen molar-refractivity contribution in [1.29, 1.82) is 0 Å². The topological polar surface area (TPSA) is 27.8 Å². The molecule has 0 aliphatic heterocycles. The second-order valence-corrected chi connectivity index (χ2v) is 6.04. The summed E-state index contributed by atoms with van der Waals surface area (Å²) in [5.74, 6) is 0. The Balaban J connectivity index is 1.67. The summed E-state index contributed by atoms with van der Waals surface area (Å²) < 4.78 is 0. The molecule has 0 aliphatic rings. The molecule has 1 heterocycles. The fraction of sp³-hybridized carbons (Fsp3) is 0.0909. The van der Waals surface area contributed by atoms with E-state index < -0.39 is 0 Å². The molecule has 3 aromatic carbocycles. The number of aromatic nitrogens is 1. The first-order valence-electron chi connectivity index (χ1n) is 8.32. The van der Waals surface area contributed by atoms with Gasteiger partial charge in [-0.25, -0.2) is 0 Å². The van der Waals surface area contributed by atoms with Gasteiger partial charge >= 0.3 is 0 Å². The smallest absolute Gasteiger partial charge is 0.0554 e. The predicted octanol–water partition coefficient (Wildman–Crippen LogP) is 5.56. The molecule has 0 bridgehead atoms. The van der Waals surface area contributed by atoms with E-state index in [1.165, 1.54) is 22.0 Å². The van der Waals surface area contributed by atoms with Crippen LogP contribution in [-0.4, -0.2) is 4.98 Å². The first-order chi connectivity index (χ1) is 11.9.